The predicted molar refractivity (Wildman–Crippen MR) is 84.5 cm³/mol. The highest BCUT2D eigenvalue weighted by molar-refractivity contribution is 5.85. The lowest BCUT2D eigenvalue weighted by Crippen LogP contribution is -2.02. The molecular weight excluding hydrogens is 264 g/mol. The average Bonchev–Trinajstić information content (AvgIpc) is 2.52. The number of benzene rings is 2. The summed E-state index contributed by atoms with van der Waals surface area (Å²) >= 11 is 0. The Morgan fingerprint density at radius 2 is 1.86 bits per heavy atom. The summed E-state index contributed by atoms with van der Waals surface area (Å²) in [5.74, 6) is 6.43. The minimum atomic E-state index is -0.118. The first-order valence-electron chi connectivity index (χ1n) is 7.17. The molecule has 0 radical (unpaired) electrons. The standard InChI is InChI=1S/C18H20O3/c1-2-20-11-4-12-21-18-9-8-16-13-15(5-3-10-19)6-7-17(16)14-18/h6-9,13-14,19H,2,4,10-12H2,1H3. The van der Waals surface area contributed by atoms with E-state index in [1.807, 2.05) is 43.3 Å². The van der Waals surface area contributed by atoms with Crippen molar-refractivity contribution in [2.75, 3.05) is 26.4 Å². The van der Waals surface area contributed by atoms with Crippen molar-refractivity contribution < 1.29 is 14.6 Å². The molecule has 3 heteroatoms. The van der Waals surface area contributed by atoms with Crippen molar-refractivity contribution in [1.29, 1.82) is 0 Å². The molecular formula is C18H20O3. The van der Waals surface area contributed by atoms with E-state index in [1.165, 1.54) is 0 Å². The van der Waals surface area contributed by atoms with Crippen molar-refractivity contribution >= 4 is 10.8 Å². The summed E-state index contributed by atoms with van der Waals surface area (Å²) < 4.78 is 11.0. The second-order valence-electron chi connectivity index (χ2n) is 4.58. The van der Waals surface area contributed by atoms with Gasteiger partial charge in [0.05, 0.1) is 6.61 Å². The first-order valence-corrected chi connectivity index (χ1v) is 7.17. The second-order valence-corrected chi connectivity index (χ2v) is 4.58. The molecule has 0 aromatic heterocycles. The highest BCUT2D eigenvalue weighted by Gasteiger charge is 1.99. The molecule has 2 rings (SSSR count). The van der Waals surface area contributed by atoms with Crippen LogP contribution >= 0.6 is 0 Å². The van der Waals surface area contributed by atoms with Crippen LogP contribution in [-0.4, -0.2) is 31.5 Å². The maximum Gasteiger partial charge on any atom is 0.119 e. The molecule has 110 valence electrons. The van der Waals surface area contributed by atoms with E-state index in [-0.39, 0.29) is 6.61 Å². The summed E-state index contributed by atoms with van der Waals surface area (Å²) in [6.45, 7) is 4.01. The van der Waals surface area contributed by atoms with Gasteiger partial charge in [-0.1, -0.05) is 24.0 Å². The van der Waals surface area contributed by atoms with Crippen LogP contribution in [0.4, 0.5) is 0 Å². The van der Waals surface area contributed by atoms with Crippen molar-refractivity contribution in [1.82, 2.24) is 0 Å². The van der Waals surface area contributed by atoms with Gasteiger partial charge in [-0.05, 0) is 42.0 Å². The van der Waals surface area contributed by atoms with Gasteiger partial charge in [0.2, 0.25) is 0 Å². The minimum absolute atomic E-state index is 0.118. The van der Waals surface area contributed by atoms with Gasteiger partial charge in [-0.2, -0.15) is 0 Å². The maximum atomic E-state index is 8.71. The molecule has 0 bridgehead atoms. The predicted octanol–water partition coefficient (Wildman–Crippen LogP) is 2.99. The van der Waals surface area contributed by atoms with Gasteiger partial charge in [0.25, 0.3) is 0 Å². The van der Waals surface area contributed by atoms with Crippen molar-refractivity contribution in [3.8, 4) is 17.6 Å². The third kappa shape index (κ3) is 4.78. The summed E-state index contributed by atoms with van der Waals surface area (Å²) in [4.78, 5) is 0. The first-order chi connectivity index (χ1) is 10.3. The minimum Gasteiger partial charge on any atom is -0.493 e. The van der Waals surface area contributed by atoms with Crippen LogP contribution in [0.5, 0.6) is 5.75 Å². The van der Waals surface area contributed by atoms with Gasteiger partial charge in [0, 0.05) is 25.2 Å². The van der Waals surface area contributed by atoms with Crippen LogP contribution in [0.2, 0.25) is 0 Å². The quantitative estimate of drug-likeness (QED) is 0.654. The lowest BCUT2D eigenvalue weighted by Gasteiger charge is -2.07. The van der Waals surface area contributed by atoms with Gasteiger partial charge in [-0.25, -0.2) is 0 Å². The van der Waals surface area contributed by atoms with Gasteiger partial charge >= 0.3 is 0 Å². The highest BCUT2D eigenvalue weighted by atomic mass is 16.5. The molecule has 3 nitrogen and oxygen atoms in total. The third-order valence-corrected chi connectivity index (χ3v) is 3.03. The molecule has 0 atom stereocenters. The van der Waals surface area contributed by atoms with E-state index in [4.69, 9.17) is 14.6 Å². The van der Waals surface area contributed by atoms with Crippen molar-refractivity contribution in [3.05, 3.63) is 42.0 Å². The maximum absolute atomic E-state index is 8.71. The molecule has 21 heavy (non-hydrogen) atoms. The van der Waals surface area contributed by atoms with E-state index >= 15 is 0 Å². The summed E-state index contributed by atoms with van der Waals surface area (Å²) in [7, 11) is 0. The lowest BCUT2D eigenvalue weighted by molar-refractivity contribution is 0.131. The number of fused-ring (bicyclic) bond motifs is 1. The molecule has 0 fully saturated rings. The van der Waals surface area contributed by atoms with E-state index in [2.05, 4.69) is 11.8 Å². The Bertz CT molecular complexity index is 638. The van der Waals surface area contributed by atoms with E-state index in [1.54, 1.807) is 0 Å². The monoisotopic (exact) mass is 284 g/mol. The summed E-state index contributed by atoms with van der Waals surface area (Å²) in [6, 6.07) is 12.0. The van der Waals surface area contributed by atoms with Crippen LogP contribution in [0.3, 0.4) is 0 Å². The Kier molecular flexibility index (Phi) is 6.08. The fraction of sp³-hybridized carbons (Fsp3) is 0.333. The van der Waals surface area contributed by atoms with Crippen molar-refractivity contribution in [2.45, 2.75) is 13.3 Å². The number of ether oxygens (including phenoxy) is 2. The average molecular weight is 284 g/mol. The van der Waals surface area contributed by atoms with Crippen LogP contribution < -0.4 is 4.74 Å². The summed E-state index contributed by atoms with van der Waals surface area (Å²) in [5, 5.41) is 10.9. The first kappa shape index (κ1) is 15.4. The largest absolute Gasteiger partial charge is 0.493 e. The molecule has 0 spiro atoms. The number of hydrogen-bond acceptors (Lipinski definition) is 3. The SMILES string of the molecule is CCOCCCOc1ccc2cc(C#CCO)ccc2c1. The van der Waals surface area contributed by atoms with Crippen LogP contribution in [0, 0.1) is 11.8 Å². The van der Waals surface area contributed by atoms with E-state index in [9.17, 15) is 0 Å². The van der Waals surface area contributed by atoms with Crippen molar-refractivity contribution in [2.24, 2.45) is 0 Å². The van der Waals surface area contributed by atoms with Gasteiger partial charge in [0.1, 0.15) is 12.4 Å². The van der Waals surface area contributed by atoms with Crippen LogP contribution in [-0.2, 0) is 4.74 Å². The zero-order valence-corrected chi connectivity index (χ0v) is 12.3. The fourth-order valence-electron chi connectivity index (χ4n) is 2.03. The Balaban J connectivity index is 2.01. The van der Waals surface area contributed by atoms with Crippen LogP contribution in [0.25, 0.3) is 10.8 Å². The third-order valence-electron chi connectivity index (χ3n) is 3.03. The molecule has 0 saturated heterocycles. The molecule has 0 unspecified atom stereocenters. The summed E-state index contributed by atoms with van der Waals surface area (Å²) in [5.41, 5.74) is 0.905. The van der Waals surface area contributed by atoms with Gasteiger partial charge in [-0.15, -0.1) is 0 Å². The Labute approximate surface area is 125 Å². The second kappa shape index (κ2) is 8.31. The number of aliphatic hydroxyl groups is 1. The Hall–Kier alpha value is -2.02. The number of aliphatic hydroxyl groups excluding tert-OH is 1. The zero-order valence-electron chi connectivity index (χ0n) is 12.3. The van der Waals surface area contributed by atoms with Crippen LogP contribution in [0.15, 0.2) is 36.4 Å². The molecule has 0 saturated carbocycles. The van der Waals surface area contributed by atoms with Crippen LogP contribution in [0.1, 0.15) is 18.9 Å². The molecule has 0 aliphatic rings. The molecule has 0 aliphatic heterocycles. The van der Waals surface area contributed by atoms with E-state index in [0.29, 0.717) is 6.61 Å². The topological polar surface area (TPSA) is 38.7 Å². The summed E-state index contributed by atoms with van der Waals surface area (Å²) in [6.07, 6.45) is 0.890. The van der Waals surface area contributed by atoms with Gasteiger partial charge in [-0.3, -0.25) is 0 Å². The van der Waals surface area contributed by atoms with Gasteiger partial charge in [0.15, 0.2) is 0 Å². The van der Waals surface area contributed by atoms with Crippen molar-refractivity contribution in [3.63, 3.8) is 0 Å². The normalized spacial score (nSPS) is 10.2. The Morgan fingerprint density at radius 3 is 2.67 bits per heavy atom. The molecule has 0 aliphatic carbocycles. The van der Waals surface area contributed by atoms with Gasteiger partial charge < -0.3 is 14.6 Å². The molecule has 1 N–H and O–H groups in total. The highest BCUT2D eigenvalue weighted by Crippen LogP contribution is 2.22. The number of hydrogen-bond donors (Lipinski definition) is 1. The molecule has 0 amide bonds. The zero-order chi connectivity index (χ0) is 14.9. The molecule has 0 heterocycles. The fourth-order valence-corrected chi connectivity index (χ4v) is 2.03. The number of rotatable bonds is 6. The molecule has 2 aromatic rings. The molecule has 2 aromatic carbocycles. The smallest absolute Gasteiger partial charge is 0.119 e. The van der Waals surface area contributed by atoms with E-state index in [0.717, 1.165) is 41.7 Å². The van der Waals surface area contributed by atoms with E-state index < -0.39 is 0 Å². The Morgan fingerprint density at radius 1 is 1.05 bits per heavy atom. The lowest BCUT2D eigenvalue weighted by atomic mass is 10.1.